The average molecular weight is 220 g/mol. The van der Waals surface area contributed by atoms with Gasteiger partial charge in [-0.2, -0.15) is 0 Å². The van der Waals surface area contributed by atoms with Crippen molar-refractivity contribution in [2.45, 2.75) is 19.8 Å². The standard InChI is InChI=1S/C13H16O3/c1-5(14)6-3-8-7-4-9-11(10(6)7)13(8,9)12(15)16-2/h6-11H,3-4H2,1-2H3/t6-,7?,8+,9?,10-,11?,13-/m1/s1. The molecule has 0 aliphatic heterocycles. The third-order valence-electron chi connectivity index (χ3n) is 6.09. The molecular weight excluding hydrogens is 204 g/mol. The van der Waals surface area contributed by atoms with Crippen LogP contribution in [0.15, 0.2) is 0 Å². The van der Waals surface area contributed by atoms with Crippen LogP contribution < -0.4 is 0 Å². The van der Waals surface area contributed by atoms with Crippen molar-refractivity contribution in [1.82, 2.24) is 0 Å². The number of Topliss-reactive ketones (excluding diaryl/α,β-unsaturated/α-hetero) is 1. The zero-order valence-corrected chi connectivity index (χ0v) is 9.60. The second-order valence-electron chi connectivity index (χ2n) is 6.09. The van der Waals surface area contributed by atoms with Gasteiger partial charge in [-0.25, -0.2) is 0 Å². The van der Waals surface area contributed by atoms with Crippen LogP contribution in [-0.2, 0) is 14.3 Å². The number of hydrogen-bond acceptors (Lipinski definition) is 3. The molecule has 0 aromatic rings. The zero-order valence-electron chi connectivity index (χ0n) is 9.60. The highest BCUT2D eigenvalue weighted by Crippen LogP contribution is 2.89. The molecule has 0 amide bonds. The fraction of sp³-hybridized carbons (Fsp3) is 0.846. The normalized spacial score (nSPS) is 58.9. The maximum absolute atomic E-state index is 12.0. The maximum atomic E-state index is 12.0. The van der Waals surface area contributed by atoms with Gasteiger partial charge in [0.2, 0.25) is 0 Å². The summed E-state index contributed by atoms with van der Waals surface area (Å²) < 4.78 is 5.00. The van der Waals surface area contributed by atoms with Crippen LogP contribution >= 0.6 is 0 Å². The predicted molar refractivity (Wildman–Crippen MR) is 55.3 cm³/mol. The van der Waals surface area contributed by atoms with Gasteiger partial charge in [0.05, 0.1) is 12.5 Å². The van der Waals surface area contributed by atoms with Crippen molar-refractivity contribution in [3.05, 3.63) is 0 Å². The van der Waals surface area contributed by atoms with Gasteiger partial charge >= 0.3 is 5.97 Å². The number of ketones is 1. The van der Waals surface area contributed by atoms with Crippen molar-refractivity contribution in [1.29, 1.82) is 0 Å². The minimum absolute atomic E-state index is 0.0134. The molecule has 6 bridgehead atoms. The highest BCUT2D eigenvalue weighted by atomic mass is 16.5. The zero-order chi connectivity index (χ0) is 11.2. The number of carbonyl (C=O) groups is 2. The minimum atomic E-state index is -0.129. The summed E-state index contributed by atoms with van der Waals surface area (Å²) in [5.41, 5.74) is -0.129. The molecule has 5 rings (SSSR count). The molecule has 0 saturated heterocycles. The van der Waals surface area contributed by atoms with E-state index in [1.807, 2.05) is 0 Å². The Morgan fingerprint density at radius 1 is 1.25 bits per heavy atom. The third-order valence-corrected chi connectivity index (χ3v) is 6.09. The van der Waals surface area contributed by atoms with Gasteiger partial charge < -0.3 is 4.74 Å². The van der Waals surface area contributed by atoms with E-state index in [0.717, 1.165) is 6.42 Å². The summed E-state index contributed by atoms with van der Waals surface area (Å²) in [4.78, 5) is 23.6. The monoisotopic (exact) mass is 220 g/mol. The lowest BCUT2D eigenvalue weighted by molar-refractivity contribution is -0.150. The van der Waals surface area contributed by atoms with Gasteiger partial charge in [-0.15, -0.1) is 0 Å². The highest BCUT2D eigenvalue weighted by Gasteiger charge is 2.90. The Bertz CT molecular complexity index is 415. The molecule has 0 N–H and O–H groups in total. The fourth-order valence-corrected chi connectivity index (χ4v) is 5.87. The van der Waals surface area contributed by atoms with Gasteiger partial charge in [-0.1, -0.05) is 0 Å². The Morgan fingerprint density at radius 3 is 2.56 bits per heavy atom. The van der Waals surface area contributed by atoms with E-state index in [1.165, 1.54) is 13.5 Å². The lowest BCUT2D eigenvalue weighted by Crippen LogP contribution is -2.30. The van der Waals surface area contributed by atoms with Crippen LogP contribution in [0.5, 0.6) is 0 Å². The van der Waals surface area contributed by atoms with Crippen LogP contribution in [0.2, 0.25) is 0 Å². The molecule has 0 aromatic heterocycles. The van der Waals surface area contributed by atoms with Crippen LogP contribution in [0, 0.1) is 40.9 Å². The Kier molecular flexibility index (Phi) is 1.36. The van der Waals surface area contributed by atoms with Crippen molar-refractivity contribution in [3.63, 3.8) is 0 Å². The molecule has 3 heteroatoms. The molecule has 3 unspecified atom stereocenters. The molecule has 86 valence electrons. The van der Waals surface area contributed by atoms with Gasteiger partial charge in [-0.3, -0.25) is 9.59 Å². The van der Waals surface area contributed by atoms with E-state index < -0.39 is 0 Å². The highest BCUT2D eigenvalue weighted by molar-refractivity contribution is 5.87. The molecule has 0 radical (unpaired) electrons. The van der Waals surface area contributed by atoms with Crippen LogP contribution in [0.25, 0.3) is 0 Å². The van der Waals surface area contributed by atoms with E-state index >= 15 is 0 Å². The molecule has 0 heterocycles. The van der Waals surface area contributed by atoms with Crippen LogP contribution in [0.1, 0.15) is 19.8 Å². The number of methoxy groups -OCH3 is 1. The van der Waals surface area contributed by atoms with Gasteiger partial charge in [0.15, 0.2) is 0 Å². The number of hydrogen-bond donors (Lipinski definition) is 0. The summed E-state index contributed by atoms with van der Waals surface area (Å²) in [6, 6.07) is 0. The third kappa shape index (κ3) is 0.637. The maximum Gasteiger partial charge on any atom is 0.312 e. The van der Waals surface area contributed by atoms with E-state index in [-0.39, 0.29) is 17.3 Å². The van der Waals surface area contributed by atoms with Gasteiger partial charge in [-0.05, 0) is 49.4 Å². The minimum Gasteiger partial charge on any atom is -0.469 e. The predicted octanol–water partition coefficient (Wildman–Crippen LogP) is 1.27. The van der Waals surface area contributed by atoms with Crippen LogP contribution in [-0.4, -0.2) is 18.9 Å². The molecule has 5 fully saturated rings. The Balaban J connectivity index is 1.74. The first-order chi connectivity index (χ1) is 7.64. The summed E-state index contributed by atoms with van der Waals surface area (Å²) in [5.74, 6) is 3.30. The second-order valence-corrected chi connectivity index (χ2v) is 6.09. The molecule has 0 spiro atoms. The van der Waals surface area contributed by atoms with Gasteiger partial charge in [0, 0.05) is 5.92 Å². The summed E-state index contributed by atoms with van der Waals surface area (Å²) in [7, 11) is 1.50. The number of rotatable bonds is 2. The van der Waals surface area contributed by atoms with Crippen molar-refractivity contribution in [2.24, 2.45) is 40.9 Å². The molecule has 0 aromatic carbocycles. The molecule has 5 saturated carbocycles. The Labute approximate surface area is 94.5 Å². The first kappa shape index (κ1) is 9.20. The van der Waals surface area contributed by atoms with Crippen molar-refractivity contribution >= 4 is 11.8 Å². The number of carbonyl (C=O) groups excluding carboxylic acids is 2. The second kappa shape index (κ2) is 2.36. The topological polar surface area (TPSA) is 43.4 Å². The van der Waals surface area contributed by atoms with Gasteiger partial charge in [0.25, 0.3) is 0 Å². The van der Waals surface area contributed by atoms with Crippen molar-refractivity contribution in [2.75, 3.05) is 7.11 Å². The molecule has 16 heavy (non-hydrogen) atoms. The lowest BCUT2D eigenvalue weighted by atomic mass is 9.80. The Morgan fingerprint density at radius 2 is 2.00 bits per heavy atom. The average Bonchev–Trinajstić information content (AvgIpc) is 2.68. The molecule has 3 nitrogen and oxygen atoms in total. The summed E-state index contributed by atoms with van der Waals surface area (Å²) >= 11 is 0. The first-order valence-electron chi connectivity index (χ1n) is 6.22. The lowest BCUT2D eigenvalue weighted by Gasteiger charge is -2.24. The van der Waals surface area contributed by atoms with E-state index in [4.69, 9.17) is 4.74 Å². The number of esters is 1. The van der Waals surface area contributed by atoms with E-state index in [9.17, 15) is 9.59 Å². The van der Waals surface area contributed by atoms with Gasteiger partial charge in [0.1, 0.15) is 5.78 Å². The van der Waals surface area contributed by atoms with Crippen LogP contribution in [0.4, 0.5) is 0 Å². The number of ether oxygens (including phenoxy) is 1. The first-order valence-corrected chi connectivity index (χ1v) is 6.22. The van der Waals surface area contributed by atoms with E-state index in [1.54, 1.807) is 6.92 Å². The Hall–Kier alpha value is -0.860. The van der Waals surface area contributed by atoms with Crippen LogP contribution in [0.3, 0.4) is 0 Å². The fourth-order valence-electron chi connectivity index (χ4n) is 5.87. The molecular formula is C13H16O3. The van der Waals surface area contributed by atoms with E-state index in [0.29, 0.717) is 35.4 Å². The molecule has 5 aliphatic carbocycles. The van der Waals surface area contributed by atoms with E-state index in [2.05, 4.69) is 0 Å². The smallest absolute Gasteiger partial charge is 0.312 e. The largest absolute Gasteiger partial charge is 0.469 e. The SMILES string of the molecule is COC(=O)[C@]12C3CC4[C@H](C31)[C@@H](C(C)=O)C[C@@H]42. The quantitative estimate of drug-likeness (QED) is 0.658. The summed E-state index contributed by atoms with van der Waals surface area (Å²) in [6.07, 6.45) is 2.13. The summed E-state index contributed by atoms with van der Waals surface area (Å²) in [6.45, 7) is 1.71. The summed E-state index contributed by atoms with van der Waals surface area (Å²) in [5, 5.41) is 0. The van der Waals surface area contributed by atoms with Crippen molar-refractivity contribution in [3.8, 4) is 0 Å². The molecule has 5 aliphatic rings. The van der Waals surface area contributed by atoms with Crippen molar-refractivity contribution < 1.29 is 14.3 Å². The molecule has 7 atom stereocenters.